The van der Waals surface area contributed by atoms with Crippen molar-refractivity contribution in [3.8, 4) is 0 Å². The second-order valence-corrected chi connectivity index (χ2v) is 5.42. The molecule has 0 fully saturated rings. The van der Waals surface area contributed by atoms with E-state index in [1.807, 2.05) is 23.0 Å². The SMILES string of the molecule is Cn1cncc1CO/N=C1/CCCc2sccc21. The van der Waals surface area contributed by atoms with Gasteiger partial charge in [-0.2, -0.15) is 0 Å². The zero-order valence-electron chi connectivity index (χ0n) is 10.3. The first-order valence-corrected chi connectivity index (χ1v) is 6.93. The van der Waals surface area contributed by atoms with Gasteiger partial charge in [0.1, 0.15) is 0 Å². The monoisotopic (exact) mass is 261 g/mol. The summed E-state index contributed by atoms with van der Waals surface area (Å²) < 4.78 is 1.94. The summed E-state index contributed by atoms with van der Waals surface area (Å²) in [6.07, 6.45) is 6.92. The van der Waals surface area contributed by atoms with E-state index < -0.39 is 0 Å². The molecule has 2 heterocycles. The van der Waals surface area contributed by atoms with Crippen LogP contribution in [0.3, 0.4) is 0 Å². The minimum atomic E-state index is 0.472. The molecular weight excluding hydrogens is 246 g/mol. The first-order chi connectivity index (χ1) is 8.84. The highest BCUT2D eigenvalue weighted by Gasteiger charge is 2.16. The Labute approximate surface area is 110 Å². The summed E-state index contributed by atoms with van der Waals surface area (Å²) in [5.41, 5.74) is 3.39. The Morgan fingerprint density at radius 1 is 1.50 bits per heavy atom. The Bertz CT molecular complexity index is 570. The van der Waals surface area contributed by atoms with E-state index in [4.69, 9.17) is 4.84 Å². The molecule has 0 saturated heterocycles. The molecule has 1 aliphatic rings. The van der Waals surface area contributed by atoms with Gasteiger partial charge < -0.3 is 9.40 Å². The number of fused-ring (bicyclic) bond motifs is 1. The lowest BCUT2D eigenvalue weighted by molar-refractivity contribution is 0.125. The Kier molecular flexibility index (Phi) is 3.15. The molecule has 0 aliphatic heterocycles. The molecule has 0 amide bonds. The van der Waals surface area contributed by atoms with Crippen molar-refractivity contribution in [2.24, 2.45) is 12.2 Å². The molecule has 5 heteroatoms. The van der Waals surface area contributed by atoms with Crippen LogP contribution in [-0.2, 0) is 24.9 Å². The summed E-state index contributed by atoms with van der Waals surface area (Å²) in [6.45, 7) is 0.472. The van der Waals surface area contributed by atoms with Crippen LogP contribution in [0, 0.1) is 0 Å². The van der Waals surface area contributed by atoms with Gasteiger partial charge in [0.05, 0.1) is 23.9 Å². The minimum absolute atomic E-state index is 0.472. The minimum Gasteiger partial charge on any atom is -0.389 e. The number of aromatic nitrogens is 2. The average Bonchev–Trinajstić information content (AvgIpc) is 2.99. The average molecular weight is 261 g/mol. The summed E-state index contributed by atoms with van der Waals surface area (Å²) in [6, 6.07) is 2.14. The highest BCUT2D eigenvalue weighted by atomic mass is 32.1. The van der Waals surface area contributed by atoms with E-state index in [9.17, 15) is 0 Å². The summed E-state index contributed by atoms with van der Waals surface area (Å²) in [5.74, 6) is 0. The van der Waals surface area contributed by atoms with Crippen LogP contribution in [0.15, 0.2) is 29.1 Å². The van der Waals surface area contributed by atoms with Gasteiger partial charge >= 0.3 is 0 Å². The van der Waals surface area contributed by atoms with Gasteiger partial charge in [0, 0.05) is 17.5 Å². The van der Waals surface area contributed by atoms with Crippen LogP contribution in [0.2, 0.25) is 0 Å². The predicted octanol–water partition coefficient (Wildman–Crippen LogP) is 2.74. The van der Waals surface area contributed by atoms with Gasteiger partial charge in [0.15, 0.2) is 6.61 Å². The van der Waals surface area contributed by atoms with Gasteiger partial charge in [-0.3, -0.25) is 0 Å². The third kappa shape index (κ3) is 2.18. The number of oxime groups is 1. The molecule has 0 atom stereocenters. The standard InChI is InChI=1S/C13H15N3OS/c1-16-9-14-7-10(16)8-17-15-12-3-2-4-13-11(12)5-6-18-13/h5-7,9H,2-4,8H2,1H3/b15-12-. The Morgan fingerprint density at radius 3 is 3.28 bits per heavy atom. The Balaban J connectivity index is 1.70. The molecule has 0 spiro atoms. The lowest BCUT2D eigenvalue weighted by Gasteiger charge is -2.13. The van der Waals surface area contributed by atoms with E-state index >= 15 is 0 Å². The van der Waals surface area contributed by atoms with Crippen molar-refractivity contribution in [2.45, 2.75) is 25.9 Å². The van der Waals surface area contributed by atoms with E-state index in [1.165, 1.54) is 23.3 Å². The Hall–Kier alpha value is -1.62. The number of nitrogens with zero attached hydrogens (tertiary/aromatic N) is 3. The van der Waals surface area contributed by atoms with Crippen molar-refractivity contribution >= 4 is 17.0 Å². The maximum Gasteiger partial charge on any atom is 0.158 e. The fraction of sp³-hybridized carbons (Fsp3) is 0.385. The third-order valence-electron chi connectivity index (χ3n) is 3.18. The molecule has 2 aromatic rings. The second kappa shape index (κ2) is 4.94. The van der Waals surface area contributed by atoms with Gasteiger partial charge in [-0.15, -0.1) is 11.3 Å². The third-order valence-corrected chi connectivity index (χ3v) is 4.16. The lowest BCUT2D eigenvalue weighted by atomic mass is 9.97. The number of aryl methyl sites for hydroxylation is 2. The number of hydrogen-bond donors (Lipinski definition) is 0. The van der Waals surface area contributed by atoms with Crippen LogP contribution in [0.5, 0.6) is 0 Å². The maximum absolute atomic E-state index is 5.46. The van der Waals surface area contributed by atoms with Crippen molar-refractivity contribution in [1.82, 2.24) is 9.55 Å². The molecule has 18 heavy (non-hydrogen) atoms. The molecule has 2 aromatic heterocycles. The number of imidazole rings is 1. The highest BCUT2D eigenvalue weighted by Crippen LogP contribution is 2.26. The van der Waals surface area contributed by atoms with E-state index in [0.29, 0.717) is 6.61 Å². The molecule has 0 bridgehead atoms. The number of thiophene rings is 1. The van der Waals surface area contributed by atoms with Crippen LogP contribution in [0.4, 0.5) is 0 Å². The molecule has 0 unspecified atom stereocenters. The summed E-state index contributed by atoms with van der Waals surface area (Å²) in [7, 11) is 1.95. The molecular formula is C13H15N3OS. The van der Waals surface area contributed by atoms with Crippen LogP contribution < -0.4 is 0 Å². The van der Waals surface area contributed by atoms with Gasteiger partial charge in [-0.05, 0) is 30.7 Å². The first-order valence-electron chi connectivity index (χ1n) is 6.05. The van der Waals surface area contributed by atoms with Crippen LogP contribution in [-0.4, -0.2) is 15.3 Å². The van der Waals surface area contributed by atoms with Crippen LogP contribution >= 0.6 is 11.3 Å². The lowest BCUT2D eigenvalue weighted by Crippen LogP contribution is -2.10. The first kappa shape index (κ1) is 11.5. The zero-order valence-corrected chi connectivity index (χ0v) is 11.1. The summed E-state index contributed by atoms with van der Waals surface area (Å²) in [5, 5.41) is 6.43. The van der Waals surface area contributed by atoms with Crippen molar-refractivity contribution in [3.05, 3.63) is 40.1 Å². The molecule has 3 rings (SSSR count). The Morgan fingerprint density at radius 2 is 2.44 bits per heavy atom. The number of rotatable bonds is 3. The van der Waals surface area contributed by atoms with E-state index in [1.54, 1.807) is 12.5 Å². The fourth-order valence-electron chi connectivity index (χ4n) is 2.14. The van der Waals surface area contributed by atoms with Crippen molar-refractivity contribution < 1.29 is 4.84 Å². The quantitative estimate of drug-likeness (QED) is 0.797. The normalized spacial score (nSPS) is 16.8. The fourth-order valence-corrected chi connectivity index (χ4v) is 3.08. The van der Waals surface area contributed by atoms with Gasteiger partial charge in [-0.25, -0.2) is 4.98 Å². The van der Waals surface area contributed by atoms with Crippen LogP contribution in [0.1, 0.15) is 29.0 Å². The van der Waals surface area contributed by atoms with E-state index in [2.05, 4.69) is 21.6 Å². The molecule has 0 aromatic carbocycles. The topological polar surface area (TPSA) is 39.4 Å². The molecule has 0 N–H and O–H groups in total. The molecule has 94 valence electrons. The van der Waals surface area contributed by atoms with E-state index in [0.717, 1.165) is 17.8 Å². The van der Waals surface area contributed by atoms with Crippen LogP contribution in [0.25, 0.3) is 0 Å². The van der Waals surface area contributed by atoms with Gasteiger partial charge in [0.2, 0.25) is 0 Å². The van der Waals surface area contributed by atoms with Crippen molar-refractivity contribution in [1.29, 1.82) is 0 Å². The van der Waals surface area contributed by atoms with Crippen molar-refractivity contribution in [2.75, 3.05) is 0 Å². The maximum atomic E-state index is 5.46. The zero-order chi connectivity index (χ0) is 12.4. The molecule has 1 aliphatic carbocycles. The van der Waals surface area contributed by atoms with E-state index in [-0.39, 0.29) is 0 Å². The smallest absolute Gasteiger partial charge is 0.158 e. The molecule has 4 nitrogen and oxygen atoms in total. The largest absolute Gasteiger partial charge is 0.389 e. The number of hydrogen-bond acceptors (Lipinski definition) is 4. The molecule has 0 radical (unpaired) electrons. The van der Waals surface area contributed by atoms with Crippen molar-refractivity contribution in [3.63, 3.8) is 0 Å². The molecule has 0 saturated carbocycles. The van der Waals surface area contributed by atoms with Gasteiger partial charge in [0.25, 0.3) is 0 Å². The summed E-state index contributed by atoms with van der Waals surface area (Å²) >= 11 is 1.81. The predicted molar refractivity (Wildman–Crippen MR) is 71.8 cm³/mol. The highest BCUT2D eigenvalue weighted by molar-refractivity contribution is 7.10. The van der Waals surface area contributed by atoms with Gasteiger partial charge in [-0.1, -0.05) is 5.16 Å². The second-order valence-electron chi connectivity index (χ2n) is 4.42. The summed E-state index contributed by atoms with van der Waals surface area (Å²) in [4.78, 5) is 10.9.